The van der Waals surface area contributed by atoms with Crippen LogP contribution in [0.2, 0.25) is 5.02 Å². The van der Waals surface area contributed by atoms with Crippen LogP contribution in [0.1, 0.15) is 59.1 Å². The lowest BCUT2D eigenvalue weighted by atomic mass is 9.72. The van der Waals surface area contributed by atoms with Gasteiger partial charge < -0.3 is 10.1 Å². The van der Waals surface area contributed by atoms with Gasteiger partial charge in [0, 0.05) is 21.8 Å². The number of rotatable bonds is 7. The van der Waals surface area contributed by atoms with Crippen molar-refractivity contribution in [3.05, 3.63) is 123 Å². The molecule has 218 valence electrons. The van der Waals surface area contributed by atoms with Crippen molar-refractivity contribution in [2.75, 3.05) is 5.32 Å². The van der Waals surface area contributed by atoms with Crippen LogP contribution in [-0.2, 0) is 19.4 Å². The number of nitrogens with zero attached hydrogens (tertiary/aromatic N) is 1. The lowest BCUT2D eigenvalue weighted by Crippen LogP contribution is -2.27. The molecule has 6 rings (SSSR count). The molecule has 0 aliphatic heterocycles. The molecule has 1 atom stereocenters. The van der Waals surface area contributed by atoms with E-state index < -0.39 is 0 Å². The summed E-state index contributed by atoms with van der Waals surface area (Å²) in [4.78, 5) is 19.8. The van der Waals surface area contributed by atoms with E-state index in [9.17, 15) is 4.79 Å². The fraction of sp³-hybridized carbons (Fsp3) is 0.243. The molecule has 6 heteroatoms. The van der Waals surface area contributed by atoms with Gasteiger partial charge in [0.05, 0.1) is 5.56 Å². The SMILES string of the molecule is CC(C)(C)[C@@H]1CCc2c(sc(N=Cc3ccc(OCc4cccc5ccccc45)cc3)c2C(=O)Nc2ccc(Cl)cc2)C1. The second-order valence-corrected chi connectivity index (χ2v) is 13.7. The van der Waals surface area contributed by atoms with Crippen LogP contribution in [-0.4, -0.2) is 12.1 Å². The van der Waals surface area contributed by atoms with Crippen LogP contribution in [0, 0.1) is 11.3 Å². The molecule has 0 radical (unpaired) electrons. The van der Waals surface area contributed by atoms with E-state index in [1.54, 1.807) is 23.5 Å². The van der Waals surface area contributed by atoms with Crippen LogP contribution in [0.4, 0.5) is 10.7 Å². The number of ether oxygens (including phenoxy) is 1. The predicted molar refractivity (Wildman–Crippen MR) is 181 cm³/mol. The highest BCUT2D eigenvalue weighted by Gasteiger charge is 2.33. The first-order valence-electron chi connectivity index (χ1n) is 14.7. The Bertz CT molecular complexity index is 1780. The average molecular weight is 607 g/mol. The number of aliphatic imine (C=N–C) groups is 1. The van der Waals surface area contributed by atoms with Crippen molar-refractivity contribution >= 4 is 56.5 Å². The Morgan fingerprint density at radius 1 is 1.00 bits per heavy atom. The normalized spacial score (nSPS) is 15.0. The van der Waals surface area contributed by atoms with E-state index in [2.05, 4.69) is 68.6 Å². The van der Waals surface area contributed by atoms with Crippen molar-refractivity contribution in [3.8, 4) is 5.75 Å². The highest BCUT2D eigenvalue weighted by atomic mass is 35.5. The molecule has 0 bridgehead atoms. The molecule has 5 aromatic rings. The van der Waals surface area contributed by atoms with E-state index in [0.29, 0.717) is 28.8 Å². The zero-order valence-corrected chi connectivity index (χ0v) is 26.3. The van der Waals surface area contributed by atoms with Crippen molar-refractivity contribution in [2.45, 2.75) is 46.6 Å². The van der Waals surface area contributed by atoms with Gasteiger partial charge in [0.25, 0.3) is 5.91 Å². The third-order valence-corrected chi connectivity index (χ3v) is 9.70. The maximum atomic E-state index is 13.6. The van der Waals surface area contributed by atoms with E-state index in [0.717, 1.165) is 46.7 Å². The Kier molecular flexibility index (Phi) is 8.38. The van der Waals surface area contributed by atoms with E-state index >= 15 is 0 Å². The molecule has 4 nitrogen and oxygen atoms in total. The van der Waals surface area contributed by atoms with Gasteiger partial charge in [-0.1, -0.05) is 74.8 Å². The molecule has 1 aliphatic carbocycles. The van der Waals surface area contributed by atoms with Crippen LogP contribution in [0.25, 0.3) is 10.8 Å². The zero-order chi connectivity index (χ0) is 30.0. The number of nitrogens with one attached hydrogen (secondary N) is 1. The minimum atomic E-state index is -0.127. The average Bonchev–Trinajstić information content (AvgIpc) is 3.38. The fourth-order valence-electron chi connectivity index (χ4n) is 5.73. The highest BCUT2D eigenvalue weighted by Crippen LogP contribution is 2.45. The Balaban J connectivity index is 1.21. The molecule has 0 fully saturated rings. The van der Waals surface area contributed by atoms with Gasteiger partial charge in [-0.25, -0.2) is 4.99 Å². The largest absolute Gasteiger partial charge is 0.489 e. The van der Waals surface area contributed by atoms with Gasteiger partial charge in [0.15, 0.2) is 0 Å². The molecule has 1 amide bonds. The van der Waals surface area contributed by atoms with E-state index in [-0.39, 0.29) is 11.3 Å². The van der Waals surface area contributed by atoms with Crippen molar-refractivity contribution in [1.82, 2.24) is 0 Å². The number of hydrogen-bond donors (Lipinski definition) is 1. The minimum Gasteiger partial charge on any atom is -0.489 e. The van der Waals surface area contributed by atoms with E-state index in [4.69, 9.17) is 21.3 Å². The molecule has 0 spiro atoms. The summed E-state index contributed by atoms with van der Waals surface area (Å²) in [6.07, 6.45) is 4.77. The highest BCUT2D eigenvalue weighted by molar-refractivity contribution is 7.16. The molecule has 1 aliphatic rings. The lowest BCUT2D eigenvalue weighted by Gasteiger charge is -2.33. The number of carbonyl (C=O) groups is 1. The molecule has 1 aromatic heterocycles. The summed E-state index contributed by atoms with van der Waals surface area (Å²) in [6, 6.07) is 29.8. The zero-order valence-electron chi connectivity index (χ0n) is 24.7. The maximum absolute atomic E-state index is 13.6. The summed E-state index contributed by atoms with van der Waals surface area (Å²) in [6.45, 7) is 7.41. The number of benzene rings is 4. The summed E-state index contributed by atoms with van der Waals surface area (Å²) >= 11 is 7.70. The van der Waals surface area contributed by atoms with Gasteiger partial charge in [0.2, 0.25) is 0 Å². The Labute approximate surface area is 262 Å². The number of carbonyl (C=O) groups excluding carboxylic acids is 1. The number of amides is 1. The molecule has 1 N–H and O–H groups in total. The van der Waals surface area contributed by atoms with Crippen LogP contribution in [0.15, 0.2) is 96.0 Å². The number of fused-ring (bicyclic) bond motifs is 2. The van der Waals surface area contributed by atoms with Crippen molar-refractivity contribution in [1.29, 1.82) is 0 Å². The Morgan fingerprint density at radius 3 is 2.51 bits per heavy atom. The smallest absolute Gasteiger partial charge is 0.259 e. The maximum Gasteiger partial charge on any atom is 0.259 e. The molecule has 1 heterocycles. The molecule has 4 aromatic carbocycles. The second kappa shape index (κ2) is 12.4. The Morgan fingerprint density at radius 2 is 1.74 bits per heavy atom. The number of anilines is 1. The first-order valence-corrected chi connectivity index (χ1v) is 15.9. The monoisotopic (exact) mass is 606 g/mol. The number of halogens is 1. The molecular weight excluding hydrogens is 572 g/mol. The third kappa shape index (κ3) is 6.69. The van der Waals surface area contributed by atoms with Crippen LogP contribution in [0.5, 0.6) is 5.75 Å². The molecule has 0 unspecified atom stereocenters. The van der Waals surface area contributed by atoms with Gasteiger partial charge in [-0.15, -0.1) is 11.3 Å². The van der Waals surface area contributed by atoms with Crippen LogP contribution in [0.3, 0.4) is 0 Å². The summed E-state index contributed by atoms with van der Waals surface area (Å²) < 4.78 is 6.12. The minimum absolute atomic E-state index is 0.127. The van der Waals surface area contributed by atoms with Gasteiger partial charge in [-0.05, 0) is 107 Å². The van der Waals surface area contributed by atoms with Crippen LogP contribution < -0.4 is 10.1 Å². The van der Waals surface area contributed by atoms with Gasteiger partial charge in [-0.2, -0.15) is 0 Å². The van der Waals surface area contributed by atoms with Crippen molar-refractivity contribution in [2.24, 2.45) is 16.3 Å². The number of thiophene rings is 1. The molecule has 0 saturated carbocycles. The van der Waals surface area contributed by atoms with Crippen molar-refractivity contribution in [3.63, 3.8) is 0 Å². The first-order chi connectivity index (χ1) is 20.7. The first kappa shape index (κ1) is 29.2. The molecular formula is C37H35ClN2O2S. The lowest BCUT2D eigenvalue weighted by molar-refractivity contribution is 0.102. The molecule has 43 heavy (non-hydrogen) atoms. The molecule has 0 saturated heterocycles. The van der Waals surface area contributed by atoms with Gasteiger partial charge in [0.1, 0.15) is 17.4 Å². The van der Waals surface area contributed by atoms with E-state index in [1.807, 2.05) is 42.6 Å². The Hall–Kier alpha value is -3.93. The summed E-state index contributed by atoms with van der Waals surface area (Å²) in [5.74, 6) is 1.25. The quantitative estimate of drug-likeness (QED) is 0.187. The summed E-state index contributed by atoms with van der Waals surface area (Å²) in [5.41, 5.74) is 4.86. The standard InChI is InChI=1S/C37H35ClN2O2S/c1-37(2,3)27-13-20-32-33(21-27)43-36(34(32)35(41)40-29-16-14-28(38)15-17-29)39-22-24-11-18-30(19-12-24)42-23-26-9-6-8-25-7-4-5-10-31(25)26/h4-12,14-19,22,27H,13,20-21,23H2,1-3H3,(H,40,41)/t27-/m1/s1. The fourth-order valence-corrected chi connectivity index (χ4v) is 7.12. The summed E-state index contributed by atoms with van der Waals surface area (Å²) in [7, 11) is 0. The van der Waals surface area contributed by atoms with Crippen LogP contribution >= 0.6 is 22.9 Å². The third-order valence-electron chi connectivity index (χ3n) is 8.29. The van der Waals surface area contributed by atoms with Gasteiger partial charge in [-0.3, -0.25) is 4.79 Å². The summed E-state index contributed by atoms with van der Waals surface area (Å²) in [5, 5.41) is 6.87. The second-order valence-electron chi connectivity index (χ2n) is 12.2. The van der Waals surface area contributed by atoms with Gasteiger partial charge >= 0.3 is 0 Å². The topological polar surface area (TPSA) is 50.7 Å². The number of hydrogen-bond acceptors (Lipinski definition) is 4. The predicted octanol–water partition coefficient (Wildman–Crippen LogP) is 10.3. The van der Waals surface area contributed by atoms with Crippen molar-refractivity contribution < 1.29 is 9.53 Å². The van der Waals surface area contributed by atoms with E-state index in [1.165, 1.54) is 15.6 Å².